The zero-order valence-corrected chi connectivity index (χ0v) is 9.50. The molecule has 0 radical (unpaired) electrons. The molecule has 0 spiro atoms. The Hall–Kier alpha value is -0.800. The quantitative estimate of drug-likeness (QED) is 0.842. The highest BCUT2D eigenvalue weighted by Crippen LogP contribution is 2.23. The molecule has 4 heteroatoms. The van der Waals surface area contributed by atoms with Crippen LogP contribution in [0.1, 0.15) is 19.8 Å². The van der Waals surface area contributed by atoms with Crippen LogP contribution >= 0.6 is 11.6 Å². The van der Waals surface area contributed by atoms with Gasteiger partial charge in [0.15, 0.2) is 0 Å². The summed E-state index contributed by atoms with van der Waals surface area (Å²) in [6.07, 6.45) is 5.79. The molecule has 15 heavy (non-hydrogen) atoms. The summed E-state index contributed by atoms with van der Waals surface area (Å²) in [5, 5.41) is 4.11. The topological polar surface area (TPSA) is 34.2 Å². The van der Waals surface area contributed by atoms with E-state index in [4.69, 9.17) is 16.3 Å². The maximum atomic E-state index is 6.02. The second-order valence-electron chi connectivity index (χ2n) is 3.90. The summed E-state index contributed by atoms with van der Waals surface area (Å²) in [6, 6.07) is 2.36. The van der Waals surface area contributed by atoms with Crippen LogP contribution in [-0.2, 0) is 4.74 Å². The van der Waals surface area contributed by atoms with E-state index in [0.717, 1.165) is 25.1 Å². The minimum atomic E-state index is 0.330. The average molecular weight is 227 g/mol. The van der Waals surface area contributed by atoms with Gasteiger partial charge in [-0.2, -0.15) is 0 Å². The summed E-state index contributed by atoms with van der Waals surface area (Å²) >= 11 is 6.02. The van der Waals surface area contributed by atoms with Gasteiger partial charge < -0.3 is 10.1 Å². The molecule has 1 fully saturated rings. The average Bonchev–Trinajstić information content (AvgIpc) is 2.22. The second-order valence-corrected chi connectivity index (χ2v) is 4.31. The van der Waals surface area contributed by atoms with Crippen LogP contribution in [0.15, 0.2) is 18.5 Å². The molecule has 0 bridgehead atoms. The fourth-order valence-corrected chi connectivity index (χ4v) is 2.02. The highest BCUT2D eigenvalue weighted by atomic mass is 35.5. The summed E-state index contributed by atoms with van der Waals surface area (Å²) in [5.41, 5.74) is 0.964. The van der Waals surface area contributed by atoms with Crippen molar-refractivity contribution in [3.8, 4) is 0 Å². The van der Waals surface area contributed by atoms with Crippen LogP contribution in [0, 0.1) is 0 Å². The lowest BCUT2D eigenvalue weighted by Gasteiger charge is -2.28. The summed E-state index contributed by atoms with van der Waals surface area (Å²) < 4.78 is 5.49. The molecular formula is C11H15ClN2O. The summed E-state index contributed by atoms with van der Waals surface area (Å²) in [5.74, 6) is 0. The SMILES string of the molecule is CC1CC(Nc2ccncc2Cl)CCO1. The van der Waals surface area contributed by atoms with Gasteiger partial charge in [-0.15, -0.1) is 0 Å². The zero-order chi connectivity index (χ0) is 10.7. The summed E-state index contributed by atoms with van der Waals surface area (Å²) in [4.78, 5) is 3.96. The van der Waals surface area contributed by atoms with Crippen LogP contribution in [0.2, 0.25) is 5.02 Å². The van der Waals surface area contributed by atoms with Gasteiger partial charge in [0.05, 0.1) is 16.8 Å². The molecule has 3 nitrogen and oxygen atoms in total. The highest BCUT2D eigenvalue weighted by Gasteiger charge is 2.19. The van der Waals surface area contributed by atoms with Crippen molar-refractivity contribution < 1.29 is 4.74 Å². The van der Waals surface area contributed by atoms with Gasteiger partial charge in [-0.25, -0.2) is 0 Å². The first kappa shape index (κ1) is 10.7. The van der Waals surface area contributed by atoms with Gasteiger partial charge in [-0.3, -0.25) is 4.98 Å². The molecule has 1 aliphatic rings. The van der Waals surface area contributed by atoms with E-state index < -0.39 is 0 Å². The zero-order valence-electron chi connectivity index (χ0n) is 8.74. The Morgan fingerprint density at radius 2 is 2.47 bits per heavy atom. The van der Waals surface area contributed by atoms with Crippen molar-refractivity contribution in [2.75, 3.05) is 11.9 Å². The Morgan fingerprint density at radius 1 is 1.60 bits per heavy atom. The first-order valence-electron chi connectivity index (χ1n) is 5.23. The molecular weight excluding hydrogens is 212 g/mol. The number of ether oxygens (including phenoxy) is 1. The lowest BCUT2D eigenvalue weighted by molar-refractivity contribution is 0.0232. The monoisotopic (exact) mass is 226 g/mol. The number of hydrogen-bond donors (Lipinski definition) is 1. The van der Waals surface area contributed by atoms with Gasteiger partial charge in [0, 0.05) is 25.0 Å². The molecule has 0 aromatic carbocycles. The minimum absolute atomic E-state index is 0.330. The Bertz CT molecular complexity index is 332. The third kappa shape index (κ3) is 2.83. The molecule has 2 unspecified atom stereocenters. The molecule has 1 aliphatic heterocycles. The molecule has 1 aromatic rings. The molecule has 0 aliphatic carbocycles. The molecule has 1 aromatic heterocycles. The second kappa shape index (κ2) is 4.81. The van der Waals surface area contributed by atoms with Crippen molar-refractivity contribution in [3.05, 3.63) is 23.5 Å². The highest BCUT2D eigenvalue weighted by molar-refractivity contribution is 6.33. The number of nitrogens with zero attached hydrogens (tertiary/aromatic N) is 1. The van der Waals surface area contributed by atoms with Crippen molar-refractivity contribution in [1.29, 1.82) is 0 Å². The van der Waals surface area contributed by atoms with E-state index >= 15 is 0 Å². The normalized spacial score (nSPS) is 26.3. The Kier molecular flexibility index (Phi) is 3.44. The molecule has 1 saturated heterocycles. The Labute approximate surface area is 94.8 Å². The van der Waals surface area contributed by atoms with Gasteiger partial charge in [-0.1, -0.05) is 11.6 Å². The van der Waals surface area contributed by atoms with Crippen molar-refractivity contribution in [1.82, 2.24) is 4.98 Å². The van der Waals surface area contributed by atoms with E-state index in [0.29, 0.717) is 17.2 Å². The number of aromatic nitrogens is 1. The molecule has 0 saturated carbocycles. The maximum Gasteiger partial charge on any atom is 0.0820 e. The third-order valence-electron chi connectivity index (χ3n) is 2.62. The van der Waals surface area contributed by atoms with Gasteiger partial charge in [-0.05, 0) is 25.8 Å². The van der Waals surface area contributed by atoms with E-state index in [1.807, 2.05) is 6.07 Å². The van der Waals surface area contributed by atoms with E-state index in [9.17, 15) is 0 Å². The lowest BCUT2D eigenvalue weighted by atomic mass is 10.0. The van der Waals surface area contributed by atoms with Crippen LogP contribution in [0.4, 0.5) is 5.69 Å². The number of halogens is 1. The lowest BCUT2D eigenvalue weighted by Crippen LogP contribution is -2.32. The predicted molar refractivity (Wildman–Crippen MR) is 61.3 cm³/mol. The van der Waals surface area contributed by atoms with Gasteiger partial charge in [0.1, 0.15) is 0 Å². The molecule has 0 amide bonds. The number of rotatable bonds is 2. The number of hydrogen-bond acceptors (Lipinski definition) is 3. The van der Waals surface area contributed by atoms with Crippen LogP contribution < -0.4 is 5.32 Å². The first-order valence-corrected chi connectivity index (χ1v) is 5.61. The largest absolute Gasteiger partial charge is 0.381 e. The number of anilines is 1. The molecule has 2 heterocycles. The Balaban J connectivity index is 1.99. The van der Waals surface area contributed by atoms with Crippen molar-refractivity contribution in [2.24, 2.45) is 0 Å². The molecule has 82 valence electrons. The summed E-state index contributed by atoms with van der Waals surface area (Å²) in [7, 11) is 0. The van der Waals surface area contributed by atoms with E-state index in [1.54, 1.807) is 12.4 Å². The van der Waals surface area contributed by atoms with Crippen molar-refractivity contribution in [2.45, 2.75) is 31.9 Å². The number of nitrogens with one attached hydrogen (secondary N) is 1. The maximum absolute atomic E-state index is 6.02. The molecule has 2 rings (SSSR count). The van der Waals surface area contributed by atoms with Gasteiger partial charge >= 0.3 is 0 Å². The standard InChI is InChI=1S/C11H15ClN2O/c1-8-6-9(3-5-15-8)14-11-2-4-13-7-10(11)12/h2,4,7-9H,3,5-6H2,1H3,(H,13,14). The van der Waals surface area contributed by atoms with Crippen molar-refractivity contribution >= 4 is 17.3 Å². The van der Waals surface area contributed by atoms with Crippen LogP contribution in [0.3, 0.4) is 0 Å². The Morgan fingerprint density at radius 3 is 3.20 bits per heavy atom. The fourth-order valence-electron chi connectivity index (χ4n) is 1.84. The van der Waals surface area contributed by atoms with Crippen LogP contribution in [-0.4, -0.2) is 23.7 Å². The smallest absolute Gasteiger partial charge is 0.0820 e. The minimum Gasteiger partial charge on any atom is -0.381 e. The van der Waals surface area contributed by atoms with E-state index in [-0.39, 0.29) is 0 Å². The van der Waals surface area contributed by atoms with Crippen LogP contribution in [0.25, 0.3) is 0 Å². The van der Waals surface area contributed by atoms with E-state index in [1.165, 1.54) is 0 Å². The number of pyridine rings is 1. The molecule has 2 atom stereocenters. The van der Waals surface area contributed by atoms with Gasteiger partial charge in [0.25, 0.3) is 0 Å². The summed E-state index contributed by atoms with van der Waals surface area (Å²) in [6.45, 7) is 2.92. The fraction of sp³-hybridized carbons (Fsp3) is 0.545. The molecule has 1 N–H and O–H groups in total. The third-order valence-corrected chi connectivity index (χ3v) is 2.92. The van der Waals surface area contributed by atoms with Crippen LogP contribution in [0.5, 0.6) is 0 Å². The predicted octanol–water partition coefficient (Wildman–Crippen LogP) is 2.71. The van der Waals surface area contributed by atoms with Gasteiger partial charge in [0.2, 0.25) is 0 Å². The first-order chi connectivity index (χ1) is 7.25. The van der Waals surface area contributed by atoms with E-state index in [2.05, 4.69) is 17.2 Å². The van der Waals surface area contributed by atoms with Crippen molar-refractivity contribution in [3.63, 3.8) is 0 Å².